The van der Waals surface area contributed by atoms with Crippen LogP contribution >= 0.6 is 0 Å². The SMILES string of the molecule is CCOc1ncccc1C(=O)N(Cc1ccccc1)c1ccc(C)cc1. The predicted molar refractivity (Wildman–Crippen MR) is 104 cm³/mol. The Morgan fingerprint density at radius 2 is 1.73 bits per heavy atom. The number of anilines is 1. The monoisotopic (exact) mass is 346 g/mol. The first-order valence-electron chi connectivity index (χ1n) is 8.69. The number of hydrogen-bond acceptors (Lipinski definition) is 3. The quantitative estimate of drug-likeness (QED) is 0.653. The summed E-state index contributed by atoms with van der Waals surface area (Å²) in [5.41, 5.74) is 3.52. The van der Waals surface area contributed by atoms with Crippen molar-refractivity contribution in [2.24, 2.45) is 0 Å². The van der Waals surface area contributed by atoms with Gasteiger partial charge in [0.15, 0.2) is 0 Å². The van der Waals surface area contributed by atoms with E-state index in [2.05, 4.69) is 4.98 Å². The molecule has 1 aromatic heterocycles. The Bertz CT molecular complexity index is 861. The van der Waals surface area contributed by atoms with E-state index >= 15 is 0 Å². The number of amides is 1. The molecule has 132 valence electrons. The Kier molecular flexibility index (Phi) is 5.64. The zero-order chi connectivity index (χ0) is 18.4. The maximum Gasteiger partial charge on any atom is 0.264 e. The fourth-order valence-electron chi connectivity index (χ4n) is 2.72. The fraction of sp³-hybridized carbons (Fsp3) is 0.182. The molecule has 3 rings (SSSR count). The van der Waals surface area contributed by atoms with Gasteiger partial charge in [0.2, 0.25) is 5.88 Å². The lowest BCUT2D eigenvalue weighted by atomic mass is 10.1. The molecule has 1 amide bonds. The maximum atomic E-state index is 13.3. The summed E-state index contributed by atoms with van der Waals surface area (Å²) in [6.45, 7) is 4.84. The highest BCUT2D eigenvalue weighted by molar-refractivity contribution is 6.07. The lowest BCUT2D eigenvalue weighted by molar-refractivity contribution is 0.0980. The summed E-state index contributed by atoms with van der Waals surface area (Å²) in [5.74, 6) is 0.236. The van der Waals surface area contributed by atoms with Gasteiger partial charge < -0.3 is 9.64 Å². The minimum Gasteiger partial charge on any atom is -0.477 e. The van der Waals surface area contributed by atoms with Crippen molar-refractivity contribution in [2.45, 2.75) is 20.4 Å². The zero-order valence-electron chi connectivity index (χ0n) is 15.1. The molecule has 0 unspecified atom stereocenters. The van der Waals surface area contributed by atoms with E-state index in [1.165, 1.54) is 0 Å². The predicted octanol–water partition coefficient (Wildman–Crippen LogP) is 4.64. The first-order valence-corrected chi connectivity index (χ1v) is 8.69. The van der Waals surface area contributed by atoms with Crippen LogP contribution in [0.3, 0.4) is 0 Å². The van der Waals surface area contributed by atoms with Gasteiger partial charge in [-0.05, 0) is 43.7 Å². The van der Waals surface area contributed by atoms with Gasteiger partial charge in [-0.15, -0.1) is 0 Å². The molecule has 26 heavy (non-hydrogen) atoms. The molecule has 0 saturated heterocycles. The minimum atomic E-state index is -0.130. The molecule has 0 atom stereocenters. The molecular formula is C22H22N2O2. The Morgan fingerprint density at radius 1 is 1.00 bits per heavy atom. The van der Waals surface area contributed by atoms with Gasteiger partial charge in [-0.2, -0.15) is 0 Å². The molecular weight excluding hydrogens is 324 g/mol. The molecule has 1 heterocycles. The van der Waals surface area contributed by atoms with Crippen molar-refractivity contribution in [1.29, 1.82) is 0 Å². The molecule has 0 N–H and O–H groups in total. The van der Waals surface area contributed by atoms with Crippen LogP contribution in [0.1, 0.15) is 28.4 Å². The summed E-state index contributed by atoms with van der Waals surface area (Å²) in [4.78, 5) is 19.3. The smallest absolute Gasteiger partial charge is 0.264 e. The van der Waals surface area contributed by atoms with Crippen LogP contribution in [-0.2, 0) is 6.54 Å². The summed E-state index contributed by atoms with van der Waals surface area (Å²) in [5, 5.41) is 0. The Morgan fingerprint density at radius 3 is 2.42 bits per heavy atom. The second-order valence-corrected chi connectivity index (χ2v) is 6.00. The fourth-order valence-corrected chi connectivity index (χ4v) is 2.72. The van der Waals surface area contributed by atoms with Gasteiger partial charge in [0.05, 0.1) is 13.2 Å². The van der Waals surface area contributed by atoms with E-state index in [0.29, 0.717) is 24.6 Å². The highest BCUT2D eigenvalue weighted by Crippen LogP contribution is 2.24. The molecule has 0 fully saturated rings. The van der Waals surface area contributed by atoms with Gasteiger partial charge in [-0.1, -0.05) is 48.0 Å². The average molecular weight is 346 g/mol. The van der Waals surface area contributed by atoms with Crippen molar-refractivity contribution in [3.05, 3.63) is 89.6 Å². The molecule has 0 radical (unpaired) electrons. The molecule has 0 bridgehead atoms. The van der Waals surface area contributed by atoms with E-state index in [9.17, 15) is 4.79 Å². The van der Waals surface area contributed by atoms with Crippen LogP contribution in [0, 0.1) is 6.92 Å². The highest BCUT2D eigenvalue weighted by atomic mass is 16.5. The van der Waals surface area contributed by atoms with E-state index in [1.807, 2.05) is 68.4 Å². The number of hydrogen-bond donors (Lipinski definition) is 0. The summed E-state index contributed by atoms with van der Waals surface area (Å²) < 4.78 is 5.55. The summed E-state index contributed by atoms with van der Waals surface area (Å²) in [6.07, 6.45) is 1.63. The van der Waals surface area contributed by atoms with Gasteiger partial charge in [0.1, 0.15) is 5.56 Å². The average Bonchev–Trinajstić information content (AvgIpc) is 2.68. The van der Waals surface area contributed by atoms with Crippen molar-refractivity contribution in [3.8, 4) is 5.88 Å². The van der Waals surface area contributed by atoms with Crippen LogP contribution in [-0.4, -0.2) is 17.5 Å². The van der Waals surface area contributed by atoms with Crippen LogP contribution in [0.4, 0.5) is 5.69 Å². The van der Waals surface area contributed by atoms with Crippen molar-refractivity contribution >= 4 is 11.6 Å². The maximum absolute atomic E-state index is 13.3. The van der Waals surface area contributed by atoms with Crippen molar-refractivity contribution in [2.75, 3.05) is 11.5 Å². The van der Waals surface area contributed by atoms with Gasteiger partial charge in [0.25, 0.3) is 5.91 Å². The van der Waals surface area contributed by atoms with Crippen LogP contribution in [0.15, 0.2) is 72.9 Å². The van der Waals surface area contributed by atoms with E-state index in [1.54, 1.807) is 23.2 Å². The lowest BCUT2D eigenvalue weighted by Gasteiger charge is -2.24. The summed E-state index contributed by atoms with van der Waals surface area (Å²) >= 11 is 0. The van der Waals surface area contributed by atoms with Crippen molar-refractivity contribution in [1.82, 2.24) is 4.98 Å². The van der Waals surface area contributed by atoms with Crippen LogP contribution in [0.2, 0.25) is 0 Å². The third-order valence-corrected chi connectivity index (χ3v) is 4.06. The summed E-state index contributed by atoms with van der Waals surface area (Å²) in [7, 11) is 0. The van der Waals surface area contributed by atoms with E-state index in [-0.39, 0.29) is 5.91 Å². The van der Waals surface area contributed by atoms with Gasteiger partial charge in [-0.25, -0.2) is 4.98 Å². The number of rotatable bonds is 6. The number of carbonyl (C=O) groups is 1. The normalized spacial score (nSPS) is 10.4. The molecule has 0 saturated carbocycles. The number of carbonyl (C=O) groups excluding carboxylic acids is 1. The standard InChI is InChI=1S/C22H22N2O2/c1-3-26-21-20(10-7-15-23-21)22(25)24(16-18-8-5-4-6-9-18)19-13-11-17(2)12-14-19/h4-15H,3,16H2,1-2H3. The molecule has 2 aromatic carbocycles. The van der Waals surface area contributed by atoms with Gasteiger partial charge in [0, 0.05) is 11.9 Å². The Balaban J connectivity index is 1.99. The summed E-state index contributed by atoms with van der Waals surface area (Å²) in [6, 6.07) is 21.4. The number of aromatic nitrogens is 1. The Labute approximate surface area is 154 Å². The number of aryl methyl sites for hydroxylation is 1. The van der Waals surface area contributed by atoms with E-state index < -0.39 is 0 Å². The zero-order valence-corrected chi connectivity index (χ0v) is 15.1. The second kappa shape index (κ2) is 8.30. The largest absolute Gasteiger partial charge is 0.477 e. The Hall–Kier alpha value is -3.14. The number of benzene rings is 2. The van der Waals surface area contributed by atoms with Crippen LogP contribution < -0.4 is 9.64 Å². The minimum absolute atomic E-state index is 0.130. The molecule has 0 aliphatic rings. The van der Waals surface area contributed by atoms with Crippen molar-refractivity contribution < 1.29 is 9.53 Å². The molecule has 0 spiro atoms. The first-order chi connectivity index (χ1) is 12.7. The third kappa shape index (κ3) is 4.09. The van der Waals surface area contributed by atoms with Crippen molar-refractivity contribution in [3.63, 3.8) is 0 Å². The number of pyridine rings is 1. The van der Waals surface area contributed by atoms with Crippen LogP contribution in [0.25, 0.3) is 0 Å². The molecule has 0 aliphatic heterocycles. The lowest BCUT2D eigenvalue weighted by Crippen LogP contribution is -2.31. The molecule has 4 nitrogen and oxygen atoms in total. The molecule has 4 heteroatoms. The van der Waals surface area contributed by atoms with Gasteiger partial charge >= 0.3 is 0 Å². The highest BCUT2D eigenvalue weighted by Gasteiger charge is 2.22. The third-order valence-electron chi connectivity index (χ3n) is 4.06. The van der Waals surface area contributed by atoms with E-state index in [4.69, 9.17) is 4.74 Å². The second-order valence-electron chi connectivity index (χ2n) is 6.00. The van der Waals surface area contributed by atoms with Gasteiger partial charge in [-0.3, -0.25) is 4.79 Å². The number of nitrogens with zero attached hydrogens (tertiary/aromatic N) is 2. The van der Waals surface area contributed by atoms with E-state index in [0.717, 1.165) is 16.8 Å². The first kappa shape index (κ1) is 17.7. The number of ether oxygens (including phenoxy) is 1. The topological polar surface area (TPSA) is 42.4 Å². The molecule has 0 aliphatic carbocycles. The van der Waals surface area contributed by atoms with Crippen LogP contribution in [0.5, 0.6) is 5.88 Å². The molecule has 3 aromatic rings.